The van der Waals surface area contributed by atoms with Crippen molar-refractivity contribution < 1.29 is 9.18 Å². The Bertz CT molecular complexity index is 439. The molecule has 1 aromatic rings. The van der Waals surface area contributed by atoms with Gasteiger partial charge in [0.25, 0.3) is 0 Å². The zero-order valence-electron chi connectivity index (χ0n) is 9.00. The number of hydrogen-bond acceptors (Lipinski definition) is 1. The van der Waals surface area contributed by atoms with Crippen LogP contribution in [0.15, 0.2) is 24.3 Å². The molecule has 1 aromatic carbocycles. The predicted octanol–water partition coefficient (Wildman–Crippen LogP) is 2.21. The molecule has 1 aliphatic carbocycles. The molecular formula is C13H14FNO. The van der Waals surface area contributed by atoms with Gasteiger partial charge in [-0.3, -0.25) is 4.79 Å². The number of rotatable bonds is 1. The van der Waals surface area contributed by atoms with E-state index < -0.39 is 0 Å². The molecule has 2 fully saturated rings. The van der Waals surface area contributed by atoms with Crippen LogP contribution < -0.4 is 5.32 Å². The standard InChI is InChI=1S/C13H14FNO/c14-10-4-1-3-9(7-10)11-8-15-12(16)13(11)5-2-6-13/h1,3-4,7,11H,2,5-6,8H2,(H,15,16)/t11-/m1/s1. The minimum atomic E-state index is -0.228. The molecule has 1 atom stereocenters. The van der Waals surface area contributed by atoms with Gasteiger partial charge in [0.05, 0.1) is 5.41 Å². The van der Waals surface area contributed by atoms with Crippen molar-refractivity contribution in [2.24, 2.45) is 5.41 Å². The maximum atomic E-state index is 13.2. The molecular weight excluding hydrogens is 205 g/mol. The van der Waals surface area contributed by atoms with Crippen LogP contribution in [0.25, 0.3) is 0 Å². The third kappa shape index (κ3) is 1.20. The van der Waals surface area contributed by atoms with Crippen LogP contribution in [-0.4, -0.2) is 12.5 Å². The lowest BCUT2D eigenvalue weighted by molar-refractivity contribution is -0.132. The second kappa shape index (κ2) is 3.30. The minimum absolute atomic E-state index is 0.157. The van der Waals surface area contributed by atoms with Gasteiger partial charge >= 0.3 is 0 Å². The fraction of sp³-hybridized carbons (Fsp3) is 0.462. The van der Waals surface area contributed by atoms with E-state index in [2.05, 4.69) is 5.32 Å². The number of amides is 1. The van der Waals surface area contributed by atoms with E-state index in [1.54, 1.807) is 12.1 Å². The maximum Gasteiger partial charge on any atom is 0.226 e. The number of halogens is 1. The zero-order chi connectivity index (χ0) is 11.2. The van der Waals surface area contributed by atoms with Gasteiger partial charge in [-0.25, -0.2) is 4.39 Å². The molecule has 2 nitrogen and oxygen atoms in total. The summed E-state index contributed by atoms with van der Waals surface area (Å²) in [5.74, 6) is 0.101. The molecule has 1 heterocycles. The summed E-state index contributed by atoms with van der Waals surface area (Å²) in [4.78, 5) is 11.8. The molecule has 0 radical (unpaired) electrons. The summed E-state index contributed by atoms with van der Waals surface area (Å²) < 4.78 is 13.2. The van der Waals surface area contributed by atoms with Gasteiger partial charge in [0.1, 0.15) is 5.82 Å². The smallest absolute Gasteiger partial charge is 0.226 e. The quantitative estimate of drug-likeness (QED) is 0.771. The fourth-order valence-corrected chi connectivity index (χ4v) is 3.02. The van der Waals surface area contributed by atoms with Crippen LogP contribution in [-0.2, 0) is 4.79 Å². The summed E-state index contributed by atoms with van der Waals surface area (Å²) in [5, 5.41) is 2.92. The molecule has 0 bridgehead atoms. The Labute approximate surface area is 93.9 Å². The summed E-state index contributed by atoms with van der Waals surface area (Å²) in [7, 11) is 0. The van der Waals surface area contributed by atoms with Gasteiger partial charge < -0.3 is 5.32 Å². The second-order valence-electron chi connectivity index (χ2n) is 4.83. The van der Waals surface area contributed by atoms with Crippen molar-refractivity contribution in [2.75, 3.05) is 6.54 Å². The van der Waals surface area contributed by atoms with Gasteiger partial charge in [-0.2, -0.15) is 0 Å². The summed E-state index contributed by atoms with van der Waals surface area (Å²) in [6.07, 6.45) is 3.00. The van der Waals surface area contributed by atoms with E-state index in [1.165, 1.54) is 6.07 Å². The van der Waals surface area contributed by atoms with E-state index in [-0.39, 0.29) is 23.1 Å². The molecule has 16 heavy (non-hydrogen) atoms. The number of nitrogens with one attached hydrogen (secondary N) is 1. The Kier molecular flexibility index (Phi) is 2.03. The molecule has 84 valence electrons. The monoisotopic (exact) mass is 219 g/mol. The number of carbonyl (C=O) groups excluding carboxylic acids is 1. The molecule has 2 aliphatic rings. The van der Waals surface area contributed by atoms with Crippen molar-refractivity contribution in [1.82, 2.24) is 5.32 Å². The van der Waals surface area contributed by atoms with Crippen molar-refractivity contribution in [3.05, 3.63) is 35.6 Å². The van der Waals surface area contributed by atoms with Crippen LogP contribution in [0.3, 0.4) is 0 Å². The lowest BCUT2D eigenvalue weighted by atomic mass is 9.61. The van der Waals surface area contributed by atoms with Crippen molar-refractivity contribution in [2.45, 2.75) is 25.2 Å². The third-order valence-electron chi connectivity index (χ3n) is 4.08. The topological polar surface area (TPSA) is 29.1 Å². The average Bonchev–Trinajstić information content (AvgIpc) is 2.55. The van der Waals surface area contributed by atoms with Crippen LogP contribution >= 0.6 is 0 Å². The lowest BCUT2D eigenvalue weighted by Crippen LogP contribution is -2.40. The molecule has 0 unspecified atom stereocenters. The highest BCUT2D eigenvalue weighted by Gasteiger charge is 2.54. The van der Waals surface area contributed by atoms with E-state index >= 15 is 0 Å². The van der Waals surface area contributed by atoms with Crippen LogP contribution in [0, 0.1) is 11.2 Å². The number of carbonyl (C=O) groups is 1. The fourth-order valence-electron chi connectivity index (χ4n) is 3.02. The highest BCUT2D eigenvalue weighted by atomic mass is 19.1. The Morgan fingerprint density at radius 1 is 1.38 bits per heavy atom. The second-order valence-corrected chi connectivity index (χ2v) is 4.83. The van der Waals surface area contributed by atoms with E-state index in [0.717, 1.165) is 24.8 Å². The Morgan fingerprint density at radius 2 is 2.19 bits per heavy atom. The highest BCUT2D eigenvalue weighted by Crippen LogP contribution is 2.53. The minimum Gasteiger partial charge on any atom is -0.355 e. The van der Waals surface area contributed by atoms with Crippen molar-refractivity contribution >= 4 is 5.91 Å². The first-order valence-corrected chi connectivity index (χ1v) is 5.76. The van der Waals surface area contributed by atoms with E-state index in [1.807, 2.05) is 6.07 Å². The van der Waals surface area contributed by atoms with Gasteiger partial charge in [0.15, 0.2) is 0 Å². The molecule has 3 heteroatoms. The largest absolute Gasteiger partial charge is 0.355 e. The Hall–Kier alpha value is -1.38. The highest BCUT2D eigenvalue weighted by molar-refractivity contribution is 5.87. The molecule has 1 spiro atoms. The maximum absolute atomic E-state index is 13.2. The van der Waals surface area contributed by atoms with Gasteiger partial charge in [-0.15, -0.1) is 0 Å². The van der Waals surface area contributed by atoms with Crippen LogP contribution in [0.5, 0.6) is 0 Å². The molecule has 1 N–H and O–H groups in total. The van der Waals surface area contributed by atoms with E-state index in [0.29, 0.717) is 6.54 Å². The Morgan fingerprint density at radius 3 is 2.81 bits per heavy atom. The first-order chi connectivity index (χ1) is 7.72. The first kappa shape index (κ1) is 9.82. The number of hydrogen-bond donors (Lipinski definition) is 1. The summed E-state index contributed by atoms with van der Waals surface area (Å²) in [5.41, 5.74) is 0.728. The van der Waals surface area contributed by atoms with Gasteiger partial charge in [-0.05, 0) is 30.5 Å². The molecule has 1 saturated heterocycles. The van der Waals surface area contributed by atoms with E-state index in [4.69, 9.17) is 0 Å². The van der Waals surface area contributed by atoms with Gasteiger partial charge in [-0.1, -0.05) is 18.6 Å². The van der Waals surface area contributed by atoms with E-state index in [9.17, 15) is 9.18 Å². The van der Waals surface area contributed by atoms with Crippen LogP contribution in [0.1, 0.15) is 30.7 Å². The SMILES string of the molecule is O=C1NC[C@H](c2cccc(F)c2)C12CCC2. The van der Waals surface area contributed by atoms with Gasteiger partial charge in [0, 0.05) is 12.5 Å². The Balaban J connectivity index is 1.98. The van der Waals surface area contributed by atoms with Crippen molar-refractivity contribution in [3.63, 3.8) is 0 Å². The number of benzene rings is 1. The van der Waals surface area contributed by atoms with Crippen molar-refractivity contribution in [3.8, 4) is 0 Å². The predicted molar refractivity (Wildman–Crippen MR) is 58.4 cm³/mol. The molecule has 1 amide bonds. The van der Waals surface area contributed by atoms with Gasteiger partial charge in [0.2, 0.25) is 5.91 Å². The zero-order valence-corrected chi connectivity index (χ0v) is 9.00. The summed E-state index contributed by atoms with van der Waals surface area (Å²) in [6.45, 7) is 0.655. The summed E-state index contributed by atoms with van der Waals surface area (Å²) in [6, 6.07) is 6.65. The molecule has 1 aliphatic heterocycles. The third-order valence-corrected chi connectivity index (χ3v) is 4.08. The van der Waals surface area contributed by atoms with Crippen LogP contribution in [0.4, 0.5) is 4.39 Å². The molecule has 1 saturated carbocycles. The first-order valence-electron chi connectivity index (χ1n) is 5.76. The average molecular weight is 219 g/mol. The molecule has 0 aromatic heterocycles. The lowest BCUT2D eigenvalue weighted by Gasteiger charge is -2.40. The molecule has 3 rings (SSSR count). The normalized spacial score (nSPS) is 26.6. The summed E-state index contributed by atoms with van der Waals surface area (Å²) >= 11 is 0. The van der Waals surface area contributed by atoms with Crippen molar-refractivity contribution in [1.29, 1.82) is 0 Å². The van der Waals surface area contributed by atoms with Crippen LogP contribution in [0.2, 0.25) is 0 Å².